The summed E-state index contributed by atoms with van der Waals surface area (Å²) in [4.78, 5) is 11.8. The van der Waals surface area contributed by atoms with Gasteiger partial charge in [0.05, 0.1) is 13.3 Å². The van der Waals surface area contributed by atoms with Gasteiger partial charge in [-0.3, -0.25) is 5.01 Å². The number of ether oxygens (including phenoxy) is 1. The summed E-state index contributed by atoms with van der Waals surface area (Å²) in [7, 11) is 1.32. The number of hydrogen-bond donors (Lipinski definition) is 0. The second-order valence-electron chi connectivity index (χ2n) is 4.88. The van der Waals surface area contributed by atoms with E-state index in [1.54, 1.807) is 11.9 Å². The van der Waals surface area contributed by atoms with E-state index in [0.29, 0.717) is 13.0 Å². The van der Waals surface area contributed by atoms with Crippen LogP contribution in [0.3, 0.4) is 0 Å². The minimum atomic E-state index is -0.949. The second-order valence-corrected chi connectivity index (χ2v) is 4.88. The van der Waals surface area contributed by atoms with Crippen molar-refractivity contribution in [2.45, 2.75) is 25.3 Å². The molecule has 1 aromatic rings. The zero-order chi connectivity index (χ0) is 14.8. The van der Waals surface area contributed by atoms with Gasteiger partial charge in [0.25, 0.3) is 0 Å². The fraction of sp³-hybridized carbons (Fsp3) is 0.429. The Kier molecular flexibility index (Phi) is 4.01. The molecule has 1 atom stereocenters. The SMILES string of the molecule is COC(=O)C1(C)CCCN1N=Cc1cccc(F)c1F. The maximum absolute atomic E-state index is 13.5. The van der Waals surface area contributed by atoms with Crippen molar-refractivity contribution in [3.8, 4) is 0 Å². The number of methoxy groups -OCH3 is 1. The number of nitrogens with zero attached hydrogens (tertiary/aromatic N) is 2. The van der Waals surface area contributed by atoms with E-state index in [9.17, 15) is 13.6 Å². The first-order chi connectivity index (χ1) is 9.49. The van der Waals surface area contributed by atoms with Gasteiger partial charge in [0.1, 0.15) is 0 Å². The molecule has 0 bridgehead atoms. The highest BCUT2D eigenvalue weighted by atomic mass is 19.2. The molecule has 6 heteroatoms. The summed E-state index contributed by atoms with van der Waals surface area (Å²) < 4.78 is 31.4. The zero-order valence-corrected chi connectivity index (χ0v) is 11.4. The van der Waals surface area contributed by atoms with E-state index in [-0.39, 0.29) is 11.5 Å². The highest BCUT2D eigenvalue weighted by molar-refractivity contribution is 5.82. The maximum Gasteiger partial charge on any atom is 0.333 e. The first kappa shape index (κ1) is 14.4. The molecule has 1 fully saturated rings. The number of benzene rings is 1. The van der Waals surface area contributed by atoms with Gasteiger partial charge < -0.3 is 4.74 Å². The number of rotatable bonds is 3. The molecule has 0 spiro atoms. The summed E-state index contributed by atoms with van der Waals surface area (Å²) in [5.74, 6) is -2.26. The first-order valence-electron chi connectivity index (χ1n) is 6.33. The van der Waals surface area contributed by atoms with E-state index in [0.717, 1.165) is 12.5 Å². The van der Waals surface area contributed by atoms with Gasteiger partial charge in [0, 0.05) is 12.1 Å². The second kappa shape index (κ2) is 5.56. The quantitative estimate of drug-likeness (QED) is 0.631. The van der Waals surface area contributed by atoms with Gasteiger partial charge >= 0.3 is 5.97 Å². The molecule has 1 aliphatic heterocycles. The molecule has 0 N–H and O–H groups in total. The molecule has 20 heavy (non-hydrogen) atoms. The number of esters is 1. The first-order valence-corrected chi connectivity index (χ1v) is 6.33. The van der Waals surface area contributed by atoms with Crippen molar-refractivity contribution in [1.82, 2.24) is 5.01 Å². The molecule has 0 amide bonds. The summed E-state index contributed by atoms with van der Waals surface area (Å²) in [6, 6.07) is 3.87. The molecule has 1 saturated heterocycles. The van der Waals surface area contributed by atoms with Crippen LogP contribution in [-0.4, -0.2) is 36.4 Å². The smallest absolute Gasteiger partial charge is 0.333 e. The fourth-order valence-corrected chi connectivity index (χ4v) is 2.31. The molecule has 0 aromatic heterocycles. The molecule has 0 saturated carbocycles. The van der Waals surface area contributed by atoms with Gasteiger partial charge in [-0.15, -0.1) is 0 Å². The number of halogens is 2. The van der Waals surface area contributed by atoms with E-state index in [2.05, 4.69) is 5.10 Å². The summed E-state index contributed by atoms with van der Waals surface area (Å²) in [6.07, 6.45) is 2.63. The van der Waals surface area contributed by atoms with Crippen LogP contribution < -0.4 is 0 Å². The van der Waals surface area contributed by atoms with Crippen molar-refractivity contribution in [2.24, 2.45) is 5.10 Å². The summed E-state index contributed by atoms with van der Waals surface area (Å²) >= 11 is 0. The van der Waals surface area contributed by atoms with Gasteiger partial charge in [0.2, 0.25) is 0 Å². The van der Waals surface area contributed by atoms with Gasteiger partial charge in [-0.05, 0) is 25.8 Å². The van der Waals surface area contributed by atoms with Crippen molar-refractivity contribution in [3.05, 3.63) is 35.4 Å². The van der Waals surface area contributed by atoms with Crippen LogP contribution in [0.2, 0.25) is 0 Å². The van der Waals surface area contributed by atoms with Crippen molar-refractivity contribution in [2.75, 3.05) is 13.7 Å². The molecular formula is C14H16F2N2O2. The topological polar surface area (TPSA) is 41.9 Å². The molecule has 0 aliphatic carbocycles. The Morgan fingerprint density at radius 2 is 2.25 bits per heavy atom. The van der Waals surface area contributed by atoms with Gasteiger partial charge in [-0.2, -0.15) is 5.10 Å². The minimum absolute atomic E-state index is 0.0455. The van der Waals surface area contributed by atoms with Crippen LogP contribution >= 0.6 is 0 Å². The molecule has 1 aromatic carbocycles. The lowest BCUT2D eigenvalue weighted by Crippen LogP contribution is -2.45. The lowest BCUT2D eigenvalue weighted by atomic mass is 10.0. The van der Waals surface area contributed by atoms with Crippen molar-refractivity contribution in [3.63, 3.8) is 0 Å². The molecule has 0 radical (unpaired) electrons. The normalized spacial score (nSPS) is 22.5. The summed E-state index contributed by atoms with van der Waals surface area (Å²) in [6.45, 7) is 2.30. The van der Waals surface area contributed by atoms with Crippen LogP contribution in [0.25, 0.3) is 0 Å². The van der Waals surface area contributed by atoms with Crippen LogP contribution in [-0.2, 0) is 9.53 Å². The van der Waals surface area contributed by atoms with Gasteiger partial charge in [-0.25, -0.2) is 13.6 Å². The molecule has 1 heterocycles. The van der Waals surface area contributed by atoms with Gasteiger partial charge in [-0.1, -0.05) is 12.1 Å². The lowest BCUT2D eigenvalue weighted by molar-refractivity contribution is -0.152. The predicted octanol–water partition coefficient (Wildman–Crippen LogP) is 2.33. The lowest BCUT2D eigenvalue weighted by Gasteiger charge is -2.29. The predicted molar refractivity (Wildman–Crippen MR) is 70.3 cm³/mol. The van der Waals surface area contributed by atoms with Crippen LogP contribution in [0.4, 0.5) is 8.78 Å². The molecule has 1 unspecified atom stereocenters. The van der Waals surface area contributed by atoms with E-state index >= 15 is 0 Å². The third-order valence-corrected chi connectivity index (χ3v) is 3.55. The van der Waals surface area contributed by atoms with Crippen LogP contribution in [0, 0.1) is 11.6 Å². The Morgan fingerprint density at radius 3 is 2.95 bits per heavy atom. The van der Waals surface area contributed by atoms with Crippen molar-refractivity contribution < 1.29 is 18.3 Å². The number of carbonyl (C=O) groups excluding carboxylic acids is 1. The third kappa shape index (κ3) is 2.50. The Balaban J connectivity index is 2.22. The zero-order valence-electron chi connectivity index (χ0n) is 11.4. The Labute approximate surface area is 116 Å². The average Bonchev–Trinajstić information content (AvgIpc) is 2.82. The standard InChI is InChI=1S/C14H16F2N2O2/c1-14(13(19)20-2)7-4-8-18(14)17-9-10-5-3-6-11(15)12(10)16/h3,5-6,9H,4,7-8H2,1-2H3. The third-order valence-electron chi connectivity index (χ3n) is 3.55. The average molecular weight is 282 g/mol. The van der Waals surface area contributed by atoms with Crippen molar-refractivity contribution >= 4 is 12.2 Å². The Bertz CT molecular complexity index is 548. The van der Waals surface area contributed by atoms with Crippen LogP contribution in [0.15, 0.2) is 23.3 Å². The fourth-order valence-electron chi connectivity index (χ4n) is 2.31. The van der Waals surface area contributed by atoms with E-state index in [1.807, 2.05) is 0 Å². The number of hydrazone groups is 1. The highest BCUT2D eigenvalue weighted by Crippen LogP contribution is 2.30. The van der Waals surface area contributed by atoms with Crippen LogP contribution in [0.5, 0.6) is 0 Å². The largest absolute Gasteiger partial charge is 0.467 e. The molecule has 1 aliphatic rings. The number of carbonyl (C=O) groups is 1. The maximum atomic E-state index is 13.5. The van der Waals surface area contributed by atoms with E-state index < -0.39 is 17.2 Å². The molecule has 108 valence electrons. The molecule has 4 nitrogen and oxygen atoms in total. The van der Waals surface area contributed by atoms with Gasteiger partial charge in [0.15, 0.2) is 17.2 Å². The molecular weight excluding hydrogens is 266 g/mol. The summed E-state index contributed by atoms with van der Waals surface area (Å²) in [5, 5.41) is 5.68. The number of hydrogen-bond acceptors (Lipinski definition) is 4. The highest BCUT2D eigenvalue weighted by Gasteiger charge is 2.44. The molecule has 2 rings (SSSR count). The Hall–Kier alpha value is -1.98. The summed E-state index contributed by atoms with van der Waals surface area (Å²) in [5.41, 5.74) is -0.807. The van der Waals surface area contributed by atoms with Crippen molar-refractivity contribution in [1.29, 1.82) is 0 Å². The minimum Gasteiger partial charge on any atom is -0.467 e. The van der Waals surface area contributed by atoms with E-state index in [1.165, 1.54) is 25.5 Å². The monoisotopic (exact) mass is 282 g/mol. The van der Waals surface area contributed by atoms with E-state index in [4.69, 9.17) is 4.74 Å². The van der Waals surface area contributed by atoms with Crippen LogP contribution in [0.1, 0.15) is 25.3 Å². The Morgan fingerprint density at radius 1 is 1.50 bits per heavy atom.